The van der Waals surface area contributed by atoms with E-state index in [1.807, 2.05) is 29.2 Å². The van der Waals surface area contributed by atoms with Gasteiger partial charge in [-0.2, -0.15) is 0 Å². The molecule has 2 heterocycles. The minimum Gasteiger partial charge on any atom is -0.387 e. The predicted octanol–water partition coefficient (Wildman–Crippen LogP) is 2.30. The molecule has 1 saturated heterocycles. The third-order valence-corrected chi connectivity index (χ3v) is 9.89. The van der Waals surface area contributed by atoms with Gasteiger partial charge in [-0.3, -0.25) is 14.5 Å². The fourth-order valence-corrected chi connectivity index (χ4v) is 6.67. The highest BCUT2D eigenvalue weighted by atomic mass is 35.5. The van der Waals surface area contributed by atoms with Crippen LogP contribution in [-0.4, -0.2) is 160 Å². The van der Waals surface area contributed by atoms with Crippen LogP contribution < -0.4 is 10.6 Å². The Labute approximate surface area is 313 Å². The van der Waals surface area contributed by atoms with Crippen molar-refractivity contribution >= 4 is 29.2 Å². The van der Waals surface area contributed by atoms with E-state index in [1.165, 1.54) is 6.33 Å². The van der Waals surface area contributed by atoms with Crippen LogP contribution in [0.3, 0.4) is 0 Å². The first-order valence-corrected chi connectivity index (χ1v) is 18.8. The van der Waals surface area contributed by atoms with Gasteiger partial charge in [0.2, 0.25) is 11.8 Å². The quantitative estimate of drug-likeness (QED) is 0.170. The van der Waals surface area contributed by atoms with Crippen LogP contribution in [0.4, 0.5) is 5.82 Å². The highest BCUT2D eigenvalue weighted by Gasteiger charge is 2.35. The van der Waals surface area contributed by atoms with E-state index < -0.39 is 12.0 Å². The van der Waals surface area contributed by atoms with Crippen molar-refractivity contribution in [3.8, 4) is 0 Å². The van der Waals surface area contributed by atoms with E-state index >= 15 is 0 Å². The Morgan fingerprint density at radius 1 is 0.942 bits per heavy atom. The molecule has 1 aromatic heterocycles. The maximum absolute atomic E-state index is 14.3. The highest BCUT2D eigenvalue weighted by Crippen LogP contribution is 2.42. The summed E-state index contributed by atoms with van der Waals surface area (Å²) in [5.74, 6) is 0.566. The predicted molar refractivity (Wildman–Crippen MR) is 200 cm³/mol. The fourth-order valence-electron chi connectivity index (χ4n) is 6.55. The summed E-state index contributed by atoms with van der Waals surface area (Å²) in [5, 5.41) is 11.1. The Hall–Kier alpha value is -2.95. The number of nitrogens with zero attached hydrogens (tertiary/aromatic N) is 6. The lowest BCUT2D eigenvalue weighted by molar-refractivity contribution is -0.136. The van der Waals surface area contributed by atoms with E-state index in [9.17, 15) is 14.7 Å². The van der Waals surface area contributed by atoms with Crippen molar-refractivity contribution < 1.29 is 33.6 Å². The van der Waals surface area contributed by atoms with E-state index in [-0.39, 0.29) is 30.4 Å². The Balaban J connectivity index is 1.26. The number of piperazine rings is 1. The number of amides is 2. The van der Waals surface area contributed by atoms with Crippen LogP contribution in [0.5, 0.6) is 0 Å². The number of halogens is 1. The Morgan fingerprint density at radius 3 is 2.17 bits per heavy atom. The monoisotopic (exact) mass is 747 g/mol. The van der Waals surface area contributed by atoms with Gasteiger partial charge >= 0.3 is 0 Å². The van der Waals surface area contributed by atoms with Crippen molar-refractivity contribution in [1.82, 2.24) is 24.7 Å². The van der Waals surface area contributed by atoms with E-state index in [1.54, 1.807) is 11.9 Å². The second-order valence-corrected chi connectivity index (χ2v) is 14.1. The average Bonchev–Trinajstić information content (AvgIpc) is 3.44. The molecule has 1 fully saturated rings. The van der Waals surface area contributed by atoms with E-state index in [0.29, 0.717) is 110 Å². The third-order valence-electron chi connectivity index (χ3n) is 9.64. The zero-order chi connectivity index (χ0) is 37.5. The lowest BCUT2D eigenvalue weighted by Gasteiger charge is -2.39. The summed E-state index contributed by atoms with van der Waals surface area (Å²) in [4.78, 5) is 44.1. The van der Waals surface area contributed by atoms with Gasteiger partial charge in [0.05, 0.1) is 64.0 Å². The minimum atomic E-state index is -0.565. The number of aliphatic hydroxyl groups is 1. The Morgan fingerprint density at radius 2 is 1.56 bits per heavy atom. The molecule has 1 aliphatic heterocycles. The van der Waals surface area contributed by atoms with Crippen LogP contribution in [0.2, 0.25) is 5.02 Å². The molecule has 3 N–H and O–H groups in total. The number of ether oxygens (including phenoxy) is 4. The van der Waals surface area contributed by atoms with Crippen molar-refractivity contribution in [3.63, 3.8) is 0 Å². The van der Waals surface area contributed by atoms with Crippen molar-refractivity contribution in [2.24, 2.45) is 5.73 Å². The number of rotatable bonds is 22. The number of hydrogen-bond acceptors (Lipinski definition) is 12. The molecule has 0 spiro atoms. The molecule has 1 aliphatic carbocycles. The third kappa shape index (κ3) is 12.3. The Bertz CT molecular complexity index is 1380. The van der Waals surface area contributed by atoms with Gasteiger partial charge in [0.25, 0.3) is 0 Å². The molecule has 0 radical (unpaired) electrons. The van der Waals surface area contributed by atoms with E-state index in [2.05, 4.69) is 40.5 Å². The largest absolute Gasteiger partial charge is 0.387 e. The van der Waals surface area contributed by atoms with Crippen molar-refractivity contribution in [2.45, 2.75) is 51.2 Å². The maximum atomic E-state index is 14.3. The second kappa shape index (κ2) is 21.7. The number of aromatic nitrogens is 2. The number of anilines is 1. The topological polar surface area (TPSA) is 156 Å². The van der Waals surface area contributed by atoms with Crippen LogP contribution >= 0.6 is 11.6 Å². The number of carbonyl (C=O) groups is 2. The van der Waals surface area contributed by atoms with E-state index in [4.69, 9.17) is 36.3 Å². The molecule has 0 saturated carbocycles. The lowest BCUT2D eigenvalue weighted by Crippen LogP contribution is -2.52. The number of aliphatic hydroxyl groups excluding tert-OH is 1. The molecule has 4 rings (SSSR count). The molecule has 0 bridgehead atoms. The zero-order valence-electron chi connectivity index (χ0n) is 31.3. The fraction of sp³-hybridized carbons (Fsp3) is 0.676. The molecule has 1 aromatic carbocycles. The standard InChI is InChI=1S/C37H58ClN7O7/c1-27(2)45(11-10-42(4)33(47)25-52-22-21-51-20-19-50-18-17-49-16-9-39)24-31(29-5-7-30(38)8-6-29)37(48)44-14-12-43(13-15-44)36-34-28(3)23-32(46)35(34)40-26-41-36/h5-8,26-28,31-32,46H,9-25,39H2,1-4H3/t28-,31?,32-/m1/s1. The van der Waals surface area contributed by atoms with Gasteiger partial charge in [-0.25, -0.2) is 9.97 Å². The van der Waals surface area contributed by atoms with Gasteiger partial charge in [-0.1, -0.05) is 30.7 Å². The summed E-state index contributed by atoms with van der Waals surface area (Å²) in [6, 6.07) is 7.65. The van der Waals surface area contributed by atoms with Crippen LogP contribution in [0.25, 0.3) is 0 Å². The van der Waals surface area contributed by atoms with Crippen LogP contribution in [-0.2, 0) is 28.5 Å². The second-order valence-electron chi connectivity index (χ2n) is 13.6. The van der Waals surface area contributed by atoms with Gasteiger partial charge in [0.15, 0.2) is 0 Å². The van der Waals surface area contributed by atoms with E-state index in [0.717, 1.165) is 22.6 Å². The van der Waals surface area contributed by atoms with Gasteiger partial charge in [-0.15, -0.1) is 0 Å². The SMILES string of the molecule is CC(C)N(CCN(C)C(=O)COCCOCCOCCOCCN)CC(C(=O)N1CCN(c2ncnc3c2[C@H](C)C[C@H]3O)CC1)c1ccc(Cl)cc1. The average molecular weight is 748 g/mol. The van der Waals surface area contributed by atoms with Crippen molar-refractivity contribution in [2.75, 3.05) is 117 Å². The molecule has 2 amide bonds. The smallest absolute Gasteiger partial charge is 0.248 e. The van der Waals surface area contributed by atoms with Crippen LogP contribution in [0.15, 0.2) is 30.6 Å². The zero-order valence-corrected chi connectivity index (χ0v) is 32.0. The summed E-state index contributed by atoms with van der Waals surface area (Å²) < 4.78 is 21.7. The number of likely N-dealkylation sites (N-methyl/N-ethyl adjacent to an activating group) is 1. The molecule has 52 heavy (non-hydrogen) atoms. The lowest BCUT2D eigenvalue weighted by atomic mass is 9.95. The molecule has 3 atom stereocenters. The van der Waals surface area contributed by atoms with Crippen molar-refractivity contribution in [1.29, 1.82) is 0 Å². The summed E-state index contributed by atoms with van der Waals surface area (Å²) in [6.07, 6.45) is 1.61. The van der Waals surface area contributed by atoms with Gasteiger partial charge in [-0.05, 0) is 43.9 Å². The number of benzene rings is 1. The van der Waals surface area contributed by atoms with Crippen LogP contribution in [0, 0.1) is 0 Å². The summed E-state index contributed by atoms with van der Waals surface area (Å²) in [7, 11) is 1.77. The number of carbonyl (C=O) groups excluding carboxylic acids is 2. The first-order valence-electron chi connectivity index (χ1n) is 18.4. The highest BCUT2D eigenvalue weighted by molar-refractivity contribution is 6.30. The molecule has 1 unspecified atom stereocenters. The number of fused-ring (bicyclic) bond motifs is 1. The minimum absolute atomic E-state index is 0.0360. The molecular weight excluding hydrogens is 690 g/mol. The normalized spacial score (nSPS) is 17.9. The molecule has 15 heteroatoms. The number of nitrogens with two attached hydrogens (primary N) is 1. The van der Waals surface area contributed by atoms with Gasteiger partial charge < -0.3 is 44.5 Å². The van der Waals surface area contributed by atoms with Gasteiger partial charge in [0, 0.05) is 76.0 Å². The van der Waals surface area contributed by atoms with Crippen LogP contribution in [0.1, 0.15) is 62.0 Å². The molecular formula is C37H58ClN7O7. The first kappa shape index (κ1) is 41.8. The summed E-state index contributed by atoms with van der Waals surface area (Å²) in [5.41, 5.74) is 8.02. The first-order chi connectivity index (χ1) is 25.1. The van der Waals surface area contributed by atoms with Crippen molar-refractivity contribution in [3.05, 3.63) is 52.4 Å². The molecule has 14 nitrogen and oxygen atoms in total. The molecule has 290 valence electrons. The van der Waals surface area contributed by atoms with Gasteiger partial charge in [0.1, 0.15) is 18.8 Å². The molecule has 2 aromatic rings. The number of hydrogen-bond donors (Lipinski definition) is 2. The molecule has 2 aliphatic rings. The summed E-state index contributed by atoms with van der Waals surface area (Å²) >= 11 is 6.24. The summed E-state index contributed by atoms with van der Waals surface area (Å²) in [6.45, 7) is 13.8. The maximum Gasteiger partial charge on any atom is 0.248 e. The Kier molecular flexibility index (Phi) is 17.4.